The number of hydrogen-bond acceptors (Lipinski definition) is 4. The lowest BCUT2D eigenvalue weighted by Gasteiger charge is -2.33. The number of amides is 2. The average Bonchev–Trinajstić information content (AvgIpc) is 3.00. The third kappa shape index (κ3) is 7.61. The van der Waals surface area contributed by atoms with Crippen molar-refractivity contribution in [3.63, 3.8) is 0 Å². The van der Waals surface area contributed by atoms with Crippen molar-refractivity contribution in [2.24, 2.45) is 0 Å². The van der Waals surface area contributed by atoms with Gasteiger partial charge in [0, 0.05) is 19.5 Å². The van der Waals surface area contributed by atoms with Crippen LogP contribution in [0.15, 0.2) is 114 Å². The molecule has 0 bridgehead atoms. The van der Waals surface area contributed by atoms with Crippen LogP contribution in [0.2, 0.25) is 0 Å². The Balaban J connectivity index is 1.78. The van der Waals surface area contributed by atoms with Crippen LogP contribution in [-0.4, -0.2) is 44.3 Å². The SMILES string of the molecule is CCNC(=O)[C@H](Cc1ccccc1)N(Cc1ccc(C)cc1)C(=O)CN(c1ccc(F)cc1)S(=O)(=O)c1ccccc1. The Bertz CT molecular complexity index is 1580. The summed E-state index contributed by atoms with van der Waals surface area (Å²) >= 11 is 0. The Kier molecular flexibility index (Phi) is 10.1. The zero-order chi connectivity index (χ0) is 30.1. The van der Waals surface area contributed by atoms with Gasteiger partial charge in [0.05, 0.1) is 10.6 Å². The first-order valence-electron chi connectivity index (χ1n) is 13.7. The number of likely N-dealkylation sites (N-methyl/N-ethyl adjacent to an activating group) is 1. The van der Waals surface area contributed by atoms with Gasteiger partial charge < -0.3 is 10.2 Å². The quantitative estimate of drug-likeness (QED) is 0.250. The van der Waals surface area contributed by atoms with Crippen LogP contribution in [0.1, 0.15) is 23.6 Å². The first-order valence-corrected chi connectivity index (χ1v) is 15.1. The molecule has 9 heteroatoms. The maximum atomic E-state index is 14.2. The van der Waals surface area contributed by atoms with Gasteiger partial charge in [0.15, 0.2) is 0 Å². The molecule has 0 radical (unpaired) electrons. The van der Waals surface area contributed by atoms with E-state index in [0.717, 1.165) is 33.1 Å². The monoisotopic (exact) mass is 587 g/mol. The van der Waals surface area contributed by atoms with E-state index in [4.69, 9.17) is 0 Å². The van der Waals surface area contributed by atoms with E-state index in [1.807, 2.05) is 61.5 Å². The van der Waals surface area contributed by atoms with Gasteiger partial charge in [0.25, 0.3) is 10.0 Å². The number of aryl methyl sites for hydroxylation is 1. The minimum atomic E-state index is -4.23. The number of rotatable bonds is 12. The van der Waals surface area contributed by atoms with Gasteiger partial charge in [-0.15, -0.1) is 0 Å². The number of benzene rings is 4. The third-order valence-corrected chi connectivity index (χ3v) is 8.61. The van der Waals surface area contributed by atoms with Crippen molar-refractivity contribution in [3.05, 3.63) is 132 Å². The van der Waals surface area contributed by atoms with E-state index in [9.17, 15) is 22.4 Å². The van der Waals surface area contributed by atoms with Crippen LogP contribution in [0.25, 0.3) is 0 Å². The van der Waals surface area contributed by atoms with Crippen LogP contribution in [0, 0.1) is 12.7 Å². The van der Waals surface area contributed by atoms with E-state index in [0.29, 0.717) is 6.54 Å². The standard InChI is InChI=1S/C33H34FN3O4S/c1-3-35-33(39)31(22-26-10-6-4-7-11-26)36(23-27-16-14-25(2)15-17-27)32(38)24-37(29-20-18-28(34)19-21-29)42(40,41)30-12-8-5-9-13-30/h4-21,31H,3,22-24H2,1-2H3,(H,35,39)/t31-/m0/s1. The molecule has 0 saturated carbocycles. The van der Waals surface area contributed by atoms with Crippen molar-refractivity contribution in [2.45, 2.75) is 37.8 Å². The highest BCUT2D eigenvalue weighted by atomic mass is 32.2. The molecule has 1 N–H and O–H groups in total. The summed E-state index contributed by atoms with van der Waals surface area (Å²) in [5.74, 6) is -1.46. The topological polar surface area (TPSA) is 86.8 Å². The van der Waals surface area contributed by atoms with Crippen molar-refractivity contribution < 1.29 is 22.4 Å². The number of halogens is 1. The third-order valence-electron chi connectivity index (χ3n) is 6.82. The summed E-state index contributed by atoms with van der Waals surface area (Å²) in [6.45, 7) is 3.59. The smallest absolute Gasteiger partial charge is 0.264 e. The summed E-state index contributed by atoms with van der Waals surface area (Å²) in [5.41, 5.74) is 2.80. The highest BCUT2D eigenvalue weighted by molar-refractivity contribution is 7.92. The molecule has 7 nitrogen and oxygen atoms in total. The first-order chi connectivity index (χ1) is 20.2. The maximum Gasteiger partial charge on any atom is 0.264 e. The fourth-order valence-electron chi connectivity index (χ4n) is 4.59. The molecule has 0 fully saturated rings. The van der Waals surface area contributed by atoms with Crippen LogP contribution in [0.5, 0.6) is 0 Å². The van der Waals surface area contributed by atoms with E-state index in [1.54, 1.807) is 25.1 Å². The Morgan fingerprint density at radius 3 is 2.00 bits per heavy atom. The maximum absolute atomic E-state index is 14.2. The number of nitrogens with zero attached hydrogens (tertiary/aromatic N) is 2. The number of nitrogens with one attached hydrogen (secondary N) is 1. The van der Waals surface area contributed by atoms with Crippen molar-refractivity contribution in [3.8, 4) is 0 Å². The summed E-state index contributed by atoms with van der Waals surface area (Å²) < 4.78 is 42.5. The summed E-state index contributed by atoms with van der Waals surface area (Å²) in [5, 5.41) is 2.84. The molecule has 4 aromatic rings. The largest absolute Gasteiger partial charge is 0.355 e. The Hall–Kier alpha value is -4.50. The second-order valence-corrected chi connectivity index (χ2v) is 11.8. The lowest BCUT2D eigenvalue weighted by molar-refractivity contribution is -0.140. The van der Waals surface area contributed by atoms with Crippen molar-refractivity contribution in [1.82, 2.24) is 10.2 Å². The van der Waals surface area contributed by atoms with Crippen LogP contribution in [0.4, 0.5) is 10.1 Å². The lowest BCUT2D eigenvalue weighted by Crippen LogP contribution is -2.53. The Morgan fingerprint density at radius 1 is 0.810 bits per heavy atom. The van der Waals surface area contributed by atoms with Gasteiger partial charge in [-0.25, -0.2) is 12.8 Å². The molecule has 0 unspecified atom stereocenters. The van der Waals surface area contributed by atoms with Gasteiger partial charge in [-0.3, -0.25) is 13.9 Å². The van der Waals surface area contributed by atoms with Gasteiger partial charge in [-0.1, -0.05) is 78.4 Å². The average molecular weight is 588 g/mol. The van der Waals surface area contributed by atoms with Crippen LogP contribution < -0.4 is 9.62 Å². The second kappa shape index (κ2) is 13.9. The van der Waals surface area contributed by atoms with Crippen LogP contribution >= 0.6 is 0 Å². The number of anilines is 1. The van der Waals surface area contributed by atoms with Crippen LogP contribution in [-0.2, 0) is 32.6 Å². The Morgan fingerprint density at radius 2 is 1.40 bits per heavy atom. The van der Waals surface area contributed by atoms with Gasteiger partial charge >= 0.3 is 0 Å². The molecule has 0 saturated heterocycles. The minimum absolute atomic E-state index is 0.0169. The van der Waals surface area contributed by atoms with Crippen molar-refractivity contribution in [1.29, 1.82) is 0 Å². The number of carbonyl (C=O) groups excluding carboxylic acids is 2. The molecule has 218 valence electrons. The summed E-state index contributed by atoms with van der Waals surface area (Å²) in [7, 11) is -4.23. The number of carbonyl (C=O) groups is 2. The summed E-state index contributed by atoms with van der Waals surface area (Å²) in [4.78, 5) is 29.1. The van der Waals surface area contributed by atoms with E-state index < -0.39 is 34.3 Å². The molecule has 4 aromatic carbocycles. The predicted molar refractivity (Wildman–Crippen MR) is 162 cm³/mol. The molecule has 4 rings (SSSR count). The molecule has 0 heterocycles. The van der Waals surface area contributed by atoms with E-state index in [-0.39, 0.29) is 29.5 Å². The zero-order valence-corrected chi connectivity index (χ0v) is 24.4. The molecular formula is C33H34FN3O4S. The normalized spacial score (nSPS) is 11.9. The van der Waals surface area contributed by atoms with Gasteiger partial charge in [-0.05, 0) is 61.4 Å². The molecule has 0 spiro atoms. The second-order valence-electron chi connectivity index (χ2n) is 9.91. The number of hydrogen-bond donors (Lipinski definition) is 1. The van der Waals surface area contributed by atoms with E-state index in [2.05, 4.69) is 5.32 Å². The summed E-state index contributed by atoms with van der Waals surface area (Å²) in [6.07, 6.45) is 0.228. The lowest BCUT2D eigenvalue weighted by atomic mass is 10.0. The fourth-order valence-corrected chi connectivity index (χ4v) is 6.03. The zero-order valence-electron chi connectivity index (χ0n) is 23.6. The van der Waals surface area contributed by atoms with Crippen LogP contribution in [0.3, 0.4) is 0 Å². The highest BCUT2D eigenvalue weighted by Crippen LogP contribution is 2.25. The molecule has 42 heavy (non-hydrogen) atoms. The molecule has 0 aliphatic rings. The first kappa shape index (κ1) is 30.5. The Labute approximate surface area is 246 Å². The highest BCUT2D eigenvalue weighted by Gasteiger charge is 2.34. The molecule has 0 aliphatic carbocycles. The molecule has 0 aliphatic heterocycles. The van der Waals surface area contributed by atoms with Crippen molar-refractivity contribution >= 4 is 27.5 Å². The van der Waals surface area contributed by atoms with Gasteiger partial charge in [0.1, 0.15) is 18.4 Å². The van der Waals surface area contributed by atoms with E-state index >= 15 is 0 Å². The molecular weight excluding hydrogens is 553 g/mol. The van der Waals surface area contributed by atoms with Crippen molar-refractivity contribution in [2.75, 3.05) is 17.4 Å². The van der Waals surface area contributed by atoms with E-state index in [1.165, 1.54) is 29.2 Å². The fraction of sp³-hybridized carbons (Fsp3) is 0.212. The molecule has 1 atom stereocenters. The molecule has 0 aromatic heterocycles. The minimum Gasteiger partial charge on any atom is -0.355 e. The summed E-state index contributed by atoms with van der Waals surface area (Å²) in [6, 6.07) is 28.7. The molecule has 2 amide bonds. The number of sulfonamides is 1. The van der Waals surface area contributed by atoms with Gasteiger partial charge in [-0.2, -0.15) is 0 Å². The predicted octanol–water partition coefficient (Wildman–Crippen LogP) is 5.11. The van der Waals surface area contributed by atoms with Gasteiger partial charge in [0.2, 0.25) is 11.8 Å².